The van der Waals surface area contributed by atoms with E-state index < -0.39 is 0 Å². The highest BCUT2D eigenvalue weighted by Gasteiger charge is 2.20. The quantitative estimate of drug-likeness (QED) is 0.784. The summed E-state index contributed by atoms with van der Waals surface area (Å²) < 4.78 is 0. The van der Waals surface area contributed by atoms with Crippen molar-refractivity contribution in [1.82, 2.24) is 15.3 Å². The van der Waals surface area contributed by atoms with E-state index in [2.05, 4.69) is 39.6 Å². The summed E-state index contributed by atoms with van der Waals surface area (Å²) in [6, 6.07) is 11.2. The summed E-state index contributed by atoms with van der Waals surface area (Å²) in [4.78, 5) is 9.07. The van der Waals surface area contributed by atoms with Crippen LogP contribution in [0.5, 0.6) is 0 Å². The third-order valence-electron chi connectivity index (χ3n) is 2.96. The molecule has 4 heteroatoms. The van der Waals surface area contributed by atoms with Crippen LogP contribution >= 0.6 is 11.8 Å². The minimum Gasteiger partial charge on any atom is -0.344 e. The van der Waals surface area contributed by atoms with E-state index in [1.54, 1.807) is 0 Å². The van der Waals surface area contributed by atoms with Crippen LogP contribution < -0.4 is 5.32 Å². The van der Waals surface area contributed by atoms with Crippen LogP contribution in [-0.4, -0.2) is 16.0 Å². The molecule has 2 aromatic rings. The van der Waals surface area contributed by atoms with Crippen LogP contribution in [0.15, 0.2) is 41.4 Å². The molecule has 1 aliphatic rings. The second-order valence-electron chi connectivity index (χ2n) is 4.61. The van der Waals surface area contributed by atoms with E-state index in [9.17, 15) is 0 Å². The fraction of sp³-hybridized carbons (Fsp3) is 0.357. The molecule has 1 aromatic carbocycles. The first-order chi connectivity index (χ1) is 8.90. The molecule has 1 fully saturated rings. The zero-order valence-corrected chi connectivity index (χ0v) is 11.0. The van der Waals surface area contributed by atoms with E-state index in [0.29, 0.717) is 0 Å². The second kappa shape index (κ2) is 5.59. The topological polar surface area (TPSA) is 40.7 Å². The van der Waals surface area contributed by atoms with Crippen LogP contribution in [-0.2, 0) is 12.3 Å². The molecule has 3 rings (SSSR count). The lowest BCUT2D eigenvalue weighted by atomic mass is 10.4. The van der Waals surface area contributed by atoms with Crippen LogP contribution in [0.2, 0.25) is 0 Å². The van der Waals surface area contributed by atoms with Gasteiger partial charge in [-0.25, -0.2) is 4.98 Å². The number of nitrogens with zero attached hydrogens (tertiary/aromatic N) is 1. The van der Waals surface area contributed by atoms with E-state index >= 15 is 0 Å². The largest absolute Gasteiger partial charge is 0.344 e. The molecule has 0 radical (unpaired) electrons. The monoisotopic (exact) mass is 259 g/mol. The van der Waals surface area contributed by atoms with E-state index in [4.69, 9.17) is 0 Å². The van der Waals surface area contributed by atoms with Gasteiger partial charge < -0.3 is 10.3 Å². The first-order valence-corrected chi connectivity index (χ1v) is 7.33. The van der Waals surface area contributed by atoms with Crippen molar-refractivity contribution < 1.29 is 0 Å². The Morgan fingerprint density at radius 1 is 1.28 bits per heavy atom. The first kappa shape index (κ1) is 11.8. The van der Waals surface area contributed by atoms with Crippen molar-refractivity contribution in [2.75, 3.05) is 0 Å². The molecule has 1 aliphatic carbocycles. The van der Waals surface area contributed by atoms with Crippen molar-refractivity contribution in [1.29, 1.82) is 0 Å². The molecular formula is C14H17N3S. The van der Waals surface area contributed by atoms with Crippen LogP contribution in [0.3, 0.4) is 0 Å². The fourth-order valence-corrected chi connectivity index (χ4v) is 2.58. The molecule has 1 saturated carbocycles. The van der Waals surface area contributed by atoms with Gasteiger partial charge >= 0.3 is 0 Å². The summed E-state index contributed by atoms with van der Waals surface area (Å²) in [6.07, 6.45) is 4.59. The van der Waals surface area contributed by atoms with E-state index in [1.165, 1.54) is 23.4 Å². The van der Waals surface area contributed by atoms with Crippen molar-refractivity contribution >= 4 is 11.8 Å². The number of rotatable bonds is 6. The van der Waals surface area contributed by atoms with Crippen molar-refractivity contribution in [2.45, 2.75) is 36.1 Å². The molecule has 1 heterocycles. The van der Waals surface area contributed by atoms with Crippen molar-refractivity contribution in [2.24, 2.45) is 0 Å². The fourth-order valence-electron chi connectivity index (χ4n) is 1.78. The molecule has 0 atom stereocenters. The normalized spacial score (nSPS) is 14.9. The maximum absolute atomic E-state index is 4.41. The minimum absolute atomic E-state index is 0.746. The number of imidazole rings is 1. The Bertz CT molecular complexity index is 491. The lowest BCUT2D eigenvalue weighted by molar-refractivity contribution is 0.676. The van der Waals surface area contributed by atoms with Gasteiger partial charge in [-0.3, -0.25) is 0 Å². The average molecular weight is 259 g/mol. The van der Waals surface area contributed by atoms with Gasteiger partial charge in [0.15, 0.2) is 0 Å². The lowest BCUT2D eigenvalue weighted by Crippen LogP contribution is -2.15. The SMILES string of the molecule is c1ccc(SCc2ncc(CNC3CC3)[nH]2)cc1. The molecular weight excluding hydrogens is 242 g/mol. The second-order valence-corrected chi connectivity index (χ2v) is 5.66. The van der Waals surface area contributed by atoms with Gasteiger partial charge in [0.05, 0.1) is 5.75 Å². The summed E-state index contributed by atoms with van der Waals surface area (Å²) in [7, 11) is 0. The predicted molar refractivity (Wildman–Crippen MR) is 74.5 cm³/mol. The number of aromatic nitrogens is 2. The molecule has 0 spiro atoms. The van der Waals surface area contributed by atoms with Crippen molar-refractivity contribution in [3.05, 3.63) is 48.0 Å². The number of hydrogen-bond donors (Lipinski definition) is 2. The number of benzene rings is 1. The smallest absolute Gasteiger partial charge is 0.116 e. The Hall–Kier alpha value is -1.26. The van der Waals surface area contributed by atoms with E-state index in [0.717, 1.165) is 24.2 Å². The summed E-state index contributed by atoms with van der Waals surface area (Å²) in [6.45, 7) is 0.910. The summed E-state index contributed by atoms with van der Waals surface area (Å²) in [5.41, 5.74) is 1.19. The third kappa shape index (κ3) is 3.37. The van der Waals surface area contributed by atoms with Gasteiger partial charge in [0.1, 0.15) is 5.82 Å². The zero-order chi connectivity index (χ0) is 12.2. The number of thioether (sulfide) groups is 1. The summed E-state index contributed by atoms with van der Waals surface area (Å²) in [5.74, 6) is 1.95. The van der Waals surface area contributed by atoms with Crippen LogP contribution in [0.1, 0.15) is 24.4 Å². The highest BCUT2D eigenvalue weighted by Crippen LogP contribution is 2.21. The highest BCUT2D eigenvalue weighted by atomic mass is 32.2. The predicted octanol–water partition coefficient (Wildman–Crippen LogP) is 2.95. The van der Waals surface area contributed by atoms with Gasteiger partial charge in [-0.2, -0.15) is 0 Å². The Kier molecular flexibility index (Phi) is 3.67. The average Bonchev–Trinajstić information content (AvgIpc) is 3.14. The van der Waals surface area contributed by atoms with Crippen LogP contribution in [0.4, 0.5) is 0 Å². The summed E-state index contributed by atoms with van der Waals surface area (Å²) in [5, 5.41) is 3.48. The van der Waals surface area contributed by atoms with Gasteiger partial charge in [-0.05, 0) is 25.0 Å². The zero-order valence-electron chi connectivity index (χ0n) is 10.2. The molecule has 18 heavy (non-hydrogen) atoms. The Morgan fingerprint density at radius 3 is 2.89 bits per heavy atom. The lowest BCUT2D eigenvalue weighted by Gasteiger charge is -2.00. The molecule has 0 saturated heterocycles. The molecule has 0 aliphatic heterocycles. The molecule has 3 nitrogen and oxygen atoms in total. The summed E-state index contributed by atoms with van der Waals surface area (Å²) >= 11 is 1.81. The van der Waals surface area contributed by atoms with Crippen LogP contribution in [0, 0.1) is 0 Å². The van der Waals surface area contributed by atoms with Gasteiger partial charge in [-0.15, -0.1) is 11.8 Å². The van der Waals surface area contributed by atoms with Gasteiger partial charge in [0, 0.05) is 29.4 Å². The molecule has 0 unspecified atom stereocenters. The molecule has 1 aromatic heterocycles. The Balaban J connectivity index is 1.50. The number of hydrogen-bond acceptors (Lipinski definition) is 3. The Morgan fingerprint density at radius 2 is 2.11 bits per heavy atom. The van der Waals surface area contributed by atoms with E-state index in [1.807, 2.05) is 24.0 Å². The molecule has 0 amide bonds. The van der Waals surface area contributed by atoms with E-state index in [-0.39, 0.29) is 0 Å². The van der Waals surface area contributed by atoms with Crippen LogP contribution in [0.25, 0.3) is 0 Å². The number of H-pyrrole nitrogens is 1. The Labute approximate surface area is 111 Å². The molecule has 0 bridgehead atoms. The standard InChI is InChI=1S/C14H17N3S/c1-2-4-13(5-3-1)18-10-14-16-9-12(17-14)8-15-11-6-7-11/h1-5,9,11,15H,6-8,10H2,(H,16,17). The van der Waals surface area contributed by atoms with Gasteiger partial charge in [0.25, 0.3) is 0 Å². The molecule has 2 N–H and O–H groups in total. The first-order valence-electron chi connectivity index (χ1n) is 6.34. The van der Waals surface area contributed by atoms with Gasteiger partial charge in [-0.1, -0.05) is 18.2 Å². The minimum atomic E-state index is 0.746. The van der Waals surface area contributed by atoms with Crippen molar-refractivity contribution in [3.63, 3.8) is 0 Å². The third-order valence-corrected chi connectivity index (χ3v) is 3.98. The van der Waals surface area contributed by atoms with Crippen molar-refractivity contribution in [3.8, 4) is 0 Å². The highest BCUT2D eigenvalue weighted by molar-refractivity contribution is 7.98. The number of nitrogens with one attached hydrogen (secondary N) is 2. The maximum atomic E-state index is 4.41. The maximum Gasteiger partial charge on any atom is 0.116 e. The number of aromatic amines is 1. The molecule has 94 valence electrons. The van der Waals surface area contributed by atoms with Gasteiger partial charge in [0.2, 0.25) is 0 Å².